The number of hydrogen-bond donors (Lipinski definition) is 2. The third-order valence-corrected chi connectivity index (χ3v) is 0.268. The van der Waals surface area contributed by atoms with Crippen LogP contribution in [-0.4, -0.2) is 18.1 Å². The van der Waals surface area contributed by atoms with Gasteiger partial charge < -0.3 is 10.4 Å². The minimum absolute atomic E-state index is 0. The SMILES string of the molecule is CN[CH-]C(=O)O.[V]. The summed E-state index contributed by atoms with van der Waals surface area (Å²) < 4.78 is 0. The molecule has 2 N–H and O–H groups in total. The number of aliphatic carboxylic acids is 1. The molecular formula is C3H6NO2V-. The van der Waals surface area contributed by atoms with Crippen LogP contribution in [0.15, 0.2) is 0 Å². The van der Waals surface area contributed by atoms with Gasteiger partial charge in [-0.25, -0.2) is 6.54 Å². The Morgan fingerprint density at radius 3 is 2.29 bits per heavy atom. The summed E-state index contributed by atoms with van der Waals surface area (Å²) in [5.41, 5.74) is 0. The average molecular weight is 139 g/mol. The third kappa shape index (κ3) is 10.7. The van der Waals surface area contributed by atoms with Crippen molar-refractivity contribution in [3.05, 3.63) is 6.54 Å². The van der Waals surface area contributed by atoms with E-state index in [1.54, 1.807) is 0 Å². The molecule has 0 aromatic carbocycles. The molecule has 1 radical (unpaired) electrons. The monoisotopic (exact) mass is 139 g/mol. The van der Waals surface area contributed by atoms with E-state index in [-0.39, 0.29) is 18.6 Å². The fourth-order valence-corrected chi connectivity index (χ4v) is 0.123. The second-order valence-corrected chi connectivity index (χ2v) is 0.771. The average Bonchev–Trinajstić information content (AvgIpc) is 1.35. The van der Waals surface area contributed by atoms with Crippen molar-refractivity contribution in [3.63, 3.8) is 0 Å². The number of hydrogen-bond acceptors (Lipinski definition) is 2. The molecule has 0 aromatic heterocycles. The predicted octanol–water partition coefficient (Wildman–Crippen LogP) is -0.550. The zero-order valence-corrected chi connectivity index (χ0v) is 5.28. The van der Waals surface area contributed by atoms with Gasteiger partial charge >= 0.3 is 0 Å². The molecule has 41 valence electrons. The van der Waals surface area contributed by atoms with Gasteiger partial charge in [-0.2, -0.15) is 0 Å². The maximum absolute atomic E-state index is 9.48. The first-order chi connectivity index (χ1) is 2.77. The Kier molecular flexibility index (Phi) is 8.40. The van der Waals surface area contributed by atoms with Gasteiger partial charge in [0.25, 0.3) is 0 Å². The topological polar surface area (TPSA) is 49.3 Å². The summed E-state index contributed by atoms with van der Waals surface area (Å²) in [6.45, 7) is 0.958. The molecule has 0 fully saturated rings. The van der Waals surface area contributed by atoms with Gasteiger partial charge in [0.1, 0.15) is 0 Å². The van der Waals surface area contributed by atoms with Crippen LogP contribution in [0.25, 0.3) is 0 Å². The first-order valence-corrected chi connectivity index (χ1v) is 1.51. The van der Waals surface area contributed by atoms with Crippen LogP contribution < -0.4 is 5.32 Å². The quantitative estimate of drug-likeness (QED) is 0.504. The number of carboxylic acids is 1. The van der Waals surface area contributed by atoms with Crippen molar-refractivity contribution in [1.82, 2.24) is 5.32 Å². The van der Waals surface area contributed by atoms with Gasteiger partial charge in [-0.3, -0.25) is 4.79 Å². The Labute approximate surface area is 54.0 Å². The van der Waals surface area contributed by atoms with Crippen molar-refractivity contribution >= 4 is 5.97 Å². The van der Waals surface area contributed by atoms with Crippen LogP contribution >= 0.6 is 0 Å². The molecule has 0 saturated heterocycles. The van der Waals surface area contributed by atoms with E-state index < -0.39 is 5.97 Å². The Balaban J connectivity index is 0. The molecule has 0 aliphatic rings. The Bertz CT molecular complexity index is 56.9. The fourth-order valence-electron chi connectivity index (χ4n) is 0.123. The molecule has 0 atom stereocenters. The zero-order valence-electron chi connectivity index (χ0n) is 3.88. The smallest absolute Gasteiger partial charge is 0.177 e. The standard InChI is InChI=1S/C3H6NO2.V/c1-4-2-3(5)6;/h2,4H,1H3,(H,5,6);/q-1;. The van der Waals surface area contributed by atoms with Gasteiger partial charge in [0.2, 0.25) is 0 Å². The molecule has 0 bridgehead atoms. The van der Waals surface area contributed by atoms with Crippen molar-refractivity contribution in [2.75, 3.05) is 7.05 Å². The summed E-state index contributed by atoms with van der Waals surface area (Å²) in [6, 6.07) is 0. The molecule has 0 aliphatic carbocycles. The van der Waals surface area contributed by atoms with Crippen LogP contribution in [0, 0.1) is 6.54 Å². The van der Waals surface area contributed by atoms with Crippen molar-refractivity contribution in [3.8, 4) is 0 Å². The molecule has 3 nitrogen and oxygen atoms in total. The summed E-state index contributed by atoms with van der Waals surface area (Å²) >= 11 is 0. The van der Waals surface area contributed by atoms with Crippen LogP contribution in [0.5, 0.6) is 0 Å². The largest absolute Gasteiger partial charge is 0.502 e. The predicted molar refractivity (Wildman–Crippen MR) is 21.0 cm³/mol. The van der Waals surface area contributed by atoms with E-state index in [1.807, 2.05) is 0 Å². The summed E-state index contributed by atoms with van der Waals surface area (Å²) in [5, 5.41) is 10.1. The summed E-state index contributed by atoms with van der Waals surface area (Å²) in [7, 11) is 1.54. The normalized spacial score (nSPS) is 6.43. The van der Waals surface area contributed by atoms with Crippen molar-refractivity contribution in [1.29, 1.82) is 0 Å². The van der Waals surface area contributed by atoms with Gasteiger partial charge in [0.15, 0.2) is 5.97 Å². The number of likely N-dealkylation sites (N-methyl/N-ethyl adjacent to an activating group) is 1. The van der Waals surface area contributed by atoms with Gasteiger partial charge in [-0.1, -0.05) is 0 Å². The minimum Gasteiger partial charge on any atom is -0.502 e. The van der Waals surface area contributed by atoms with E-state index in [2.05, 4.69) is 5.32 Å². The third-order valence-electron chi connectivity index (χ3n) is 0.268. The molecule has 0 amide bonds. The molecule has 0 heterocycles. The second-order valence-electron chi connectivity index (χ2n) is 0.771. The molecule has 0 unspecified atom stereocenters. The van der Waals surface area contributed by atoms with E-state index in [0.29, 0.717) is 0 Å². The number of carboxylic acid groups (broad SMARTS) is 1. The van der Waals surface area contributed by atoms with Crippen molar-refractivity contribution in [2.45, 2.75) is 0 Å². The Hall–Kier alpha value is -0.116. The maximum atomic E-state index is 9.48. The summed E-state index contributed by atoms with van der Waals surface area (Å²) in [6.07, 6.45) is 0. The molecule has 4 heteroatoms. The summed E-state index contributed by atoms with van der Waals surface area (Å²) in [5.74, 6) is -0.947. The Morgan fingerprint density at radius 1 is 1.86 bits per heavy atom. The maximum Gasteiger partial charge on any atom is 0.177 e. The number of rotatable bonds is 2. The molecule has 0 saturated carbocycles. The van der Waals surface area contributed by atoms with Gasteiger partial charge in [-0.15, -0.1) is 0 Å². The van der Waals surface area contributed by atoms with Gasteiger partial charge in [-0.05, 0) is 7.05 Å². The Morgan fingerprint density at radius 2 is 2.29 bits per heavy atom. The van der Waals surface area contributed by atoms with E-state index >= 15 is 0 Å². The van der Waals surface area contributed by atoms with E-state index in [9.17, 15) is 4.79 Å². The number of nitrogens with one attached hydrogen (secondary N) is 1. The van der Waals surface area contributed by atoms with E-state index in [0.717, 1.165) is 6.54 Å². The zero-order chi connectivity index (χ0) is 4.99. The fraction of sp³-hybridized carbons (Fsp3) is 0.333. The van der Waals surface area contributed by atoms with Crippen molar-refractivity contribution < 1.29 is 28.5 Å². The minimum atomic E-state index is -0.947. The van der Waals surface area contributed by atoms with Gasteiger partial charge in [0.05, 0.1) is 0 Å². The van der Waals surface area contributed by atoms with Crippen LogP contribution in [0.2, 0.25) is 0 Å². The van der Waals surface area contributed by atoms with E-state index in [1.165, 1.54) is 7.05 Å². The number of carbonyl (C=O) groups is 1. The molecular weight excluding hydrogens is 133 g/mol. The molecule has 0 aromatic rings. The first kappa shape index (κ1) is 9.99. The van der Waals surface area contributed by atoms with E-state index in [4.69, 9.17) is 5.11 Å². The van der Waals surface area contributed by atoms with Gasteiger partial charge in [0, 0.05) is 18.6 Å². The van der Waals surface area contributed by atoms with Crippen LogP contribution in [-0.2, 0) is 23.4 Å². The molecule has 0 rings (SSSR count). The van der Waals surface area contributed by atoms with Crippen LogP contribution in [0.3, 0.4) is 0 Å². The second kappa shape index (κ2) is 5.88. The van der Waals surface area contributed by atoms with Crippen molar-refractivity contribution in [2.24, 2.45) is 0 Å². The first-order valence-electron chi connectivity index (χ1n) is 1.51. The summed E-state index contributed by atoms with van der Waals surface area (Å²) in [4.78, 5) is 9.48. The molecule has 0 aliphatic heterocycles. The molecule has 7 heavy (non-hydrogen) atoms. The van der Waals surface area contributed by atoms with Crippen LogP contribution in [0.1, 0.15) is 0 Å². The van der Waals surface area contributed by atoms with Crippen LogP contribution in [0.4, 0.5) is 0 Å². The molecule has 0 spiro atoms.